The van der Waals surface area contributed by atoms with E-state index in [9.17, 15) is 24.9 Å². The molecule has 0 spiro atoms. The molecule has 0 unspecified atom stereocenters. The number of nitrogens with zero attached hydrogens (tertiary/aromatic N) is 1. The van der Waals surface area contributed by atoms with E-state index in [1.54, 1.807) is 0 Å². The van der Waals surface area contributed by atoms with Crippen LogP contribution < -0.4 is 5.32 Å². The number of carboxylic acid groups (broad SMARTS) is 1. The van der Waals surface area contributed by atoms with Crippen molar-refractivity contribution in [3.8, 4) is 17.2 Å². The Hall–Kier alpha value is -3.81. The Balaban J connectivity index is 1.97. The first-order valence-electron chi connectivity index (χ1n) is 7.06. The third-order valence-electron chi connectivity index (χ3n) is 3.53. The largest absolute Gasteiger partial charge is 0.505 e. The van der Waals surface area contributed by atoms with E-state index < -0.39 is 23.4 Å². The molecule has 0 fully saturated rings. The summed E-state index contributed by atoms with van der Waals surface area (Å²) in [6.45, 7) is 0. The molecule has 2 aromatic carbocycles. The van der Waals surface area contributed by atoms with Crippen LogP contribution >= 0.6 is 0 Å². The van der Waals surface area contributed by atoms with E-state index in [-0.39, 0.29) is 28.2 Å². The highest BCUT2D eigenvalue weighted by Crippen LogP contribution is 2.29. The SMILES string of the molecule is O=C(Nc1ccc(O)c(O)c1)c1ccc2ccc(C(=O)O)c(O)c2n1. The fourth-order valence-electron chi connectivity index (χ4n) is 2.27. The van der Waals surface area contributed by atoms with Crippen LogP contribution in [0.15, 0.2) is 42.5 Å². The lowest BCUT2D eigenvalue weighted by Gasteiger charge is -2.08. The highest BCUT2D eigenvalue weighted by Gasteiger charge is 2.16. The summed E-state index contributed by atoms with van der Waals surface area (Å²) in [5, 5.41) is 40.7. The number of aromatic carboxylic acids is 1. The van der Waals surface area contributed by atoms with Crippen molar-refractivity contribution in [2.75, 3.05) is 5.32 Å². The van der Waals surface area contributed by atoms with Gasteiger partial charge < -0.3 is 25.7 Å². The number of fused-ring (bicyclic) bond motifs is 1. The van der Waals surface area contributed by atoms with Crippen molar-refractivity contribution < 1.29 is 30.0 Å². The van der Waals surface area contributed by atoms with Crippen LogP contribution in [0.4, 0.5) is 5.69 Å². The monoisotopic (exact) mass is 340 g/mol. The molecule has 1 aromatic heterocycles. The van der Waals surface area contributed by atoms with Crippen LogP contribution in [0.2, 0.25) is 0 Å². The van der Waals surface area contributed by atoms with Gasteiger partial charge in [0.2, 0.25) is 0 Å². The average molecular weight is 340 g/mol. The predicted octanol–water partition coefficient (Wildman–Crippen LogP) is 2.30. The van der Waals surface area contributed by atoms with Crippen molar-refractivity contribution in [3.63, 3.8) is 0 Å². The van der Waals surface area contributed by atoms with Crippen LogP contribution in [0.3, 0.4) is 0 Å². The van der Waals surface area contributed by atoms with Gasteiger partial charge in [0.05, 0.1) is 0 Å². The summed E-state index contributed by atoms with van der Waals surface area (Å²) < 4.78 is 0. The molecule has 0 aliphatic rings. The summed E-state index contributed by atoms with van der Waals surface area (Å²) in [6.07, 6.45) is 0. The van der Waals surface area contributed by atoms with Gasteiger partial charge >= 0.3 is 5.97 Å². The Bertz CT molecular complexity index is 1020. The summed E-state index contributed by atoms with van der Waals surface area (Å²) in [5.74, 6) is -3.19. The summed E-state index contributed by atoms with van der Waals surface area (Å²) in [6, 6.07) is 9.42. The van der Waals surface area contributed by atoms with Gasteiger partial charge in [0, 0.05) is 17.1 Å². The number of aromatic nitrogens is 1. The second-order valence-corrected chi connectivity index (χ2v) is 5.19. The molecular weight excluding hydrogens is 328 g/mol. The molecule has 0 aliphatic heterocycles. The molecule has 0 bridgehead atoms. The van der Waals surface area contributed by atoms with Gasteiger partial charge in [-0.2, -0.15) is 0 Å². The van der Waals surface area contributed by atoms with E-state index in [2.05, 4.69) is 10.3 Å². The van der Waals surface area contributed by atoms with Gasteiger partial charge in [0.15, 0.2) is 17.2 Å². The van der Waals surface area contributed by atoms with Crippen molar-refractivity contribution in [2.24, 2.45) is 0 Å². The van der Waals surface area contributed by atoms with Gasteiger partial charge in [0.1, 0.15) is 16.8 Å². The van der Waals surface area contributed by atoms with Crippen molar-refractivity contribution >= 4 is 28.5 Å². The lowest BCUT2D eigenvalue weighted by Crippen LogP contribution is -2.13. The van der Waals surface area contributed by atoms with Gasteiger partial charge in [-0.1, -0.05) is 12.1 Å². The number of aromatic hydroxyl groups is 3. The zero-order valence-corrected chi connectivity index (χ0v) is 12.6. The van der Waals surface area contributed by atoms with E-state index >= 15 is 0 Å². The first kappa shape index (κ1) is 16.1. The number of hydrogen-bond acceptors (Lipinski definition) is 6. The summed E-state index contributed by atoms with van der Waals surface area (Å²) in [7, 11) is 0. The lowest BCUT2D eigenvalue weighted by molar-refractivity contribution is 0.0694. The van der Waals surface area contributed by atoms with Crippen LogP contribution in [0.5, 0.6) is 17.2 Å². The maximum atomic E-state index is 12.3. The Morgan fingerprint density at radius 3 is 2.32 bits per heavy atom. The highest BCUT2D eigenvalue weighted by molar-refractivity contribution is 6.05. The Morgan fingerprint density at radius 1 is 0.920 bits per heavy atom. The Labute approximate surface area is 140 Å². The molecule has 3 rings (SSSR count). The minimum Gasteiger partial charge on any atom is -0.505 e. The van der Waals surface area contributed by atoms with E-state index in [1.165, 1.54) is 36.4 Å². The van der Waals surface area contributed by atoms with Crippen LogP contribution in [0.1, 0.15) is 20.8 Å². The molecule has 0 aliphatic carbocycles. The quantitative estimate of drug-likeness (QED) is 0.364. The number of pyridine rings is 1. The molecule has 3 aromatic rings. The molecule has 0 saturated heterocycles. The number of anilines is 1. The lowest BCUT2D eigenvalue weighted by atomic mass is 10.1. The summed E-state index contributed by atoms with van der Waals surface area (Å²) in [4.78, 5) is 27.4. The number of phenolic OH excluding ortho intramolecular Hbond substituents is 2. The van der Waals surface area contributed by atoms with Crippen LogP contribution in [-0.4, -0.2) is 37.3 Å². The first-order valence-corrected chi connectivity index (χ1v) is 7.06. The number of carboxylic acids is 1. The third-order valence-corrected chi connectivity index (χ3v) is 3.53. The van der Waals surface area contributed by atoms with Crippen LogP contribution in [-0.2, 0) is 0 Å². The second kappa shape index (κ2) is 6.00. The number of rotatable bonds is 3. The van der Waals surface area contributed by atoms with Gasteiger partial charge in [-0.05, 0) is 24.3 Å². The van der Waals surface area contributed by atoms with Crippen LogP contribution in [0.25, 0.3) is 10.9 Å². The Kier molecular flexibility index (Phi) is 3.86. The topological polar surface area (TPSA) is 140 Å². The summed E-state index contributed by atoms with van der Waals surface area (Å²) in [5.41, 5.74) is -0.161. The number of nitrogens with one attached hydrogen (secondary N) is 1. The molecule has 0 saturated carbocycles. The molecule has 8 heteroatoms. The number of hydrogen-bond donors (Lipinski definition) is 5. The molecule has 126 valence electrons. The molecule has 0 radical (unpaired) electrons. The number of carbonyl (C=O) groups is 2. The zero-order chi connectivity index (χ0) is 18.1. The Morgan fingerprint density at radius 2 is 1.64 bits per heavy atom. The normalized spacial score (nSPS) is 10.6. The number of phenols is 3. The van der Waals surface area contributed by atoms with Gasteiger partial charge in [-0.3, -0.25) is 4.79 Å². The zero-order valence-electron chi connectivity index (χ0n) is 12.6. The molecule has 0 atom stereocenters. The molecule has 1 amide bonds. The average Bonchev–Trinajstić information content (AvgIpc) is 2.58. The third kappa shape index (κ3) is 3.00. The van der Waals surface area contributed by atoms with Crippen molar-refractivity contribution in [3.05, 3.63) is 53.7 Å². The van der Waals surface area contributed by atoms with E-state index in [4.69, 9.17) is 5.11 Å². The second-order valence-electron chi connectivity index (χ2n) is 5.19. The minimum absolute atomic E-state index is 0.0129. The maximum absolute atomic E-state index is 12.3. The van der Waals surface area contributed by atoms with Gasteiger partial charge in [-0.15, -0.1) is 0 Å². The molecule has 8 nitrogen and oxygen atoms in total. The number of carbonyl (C=O) groups excluding carboxylic acids is 1. The molecule has 25 heavy (non-hydrogen) atoms. The highest BCUT2D eigenvalue weighted by atomic mass is 16.4. The molecule has 1 heterocycles. The smallest absolute Gasteiger partial charge is 0.339 e. The van der Waals surface area contributed by atoms with E-state index in [0.29, 0.717) is 5.39 Å². The number of benzene rings is 2. The molecule has 5 N–H and O–H groups in total. The first-order chi connectivity index (χ1) is 11.9. The molecular formula is C17H12N2O6. The fraction of sp³-hybridized carbons (Fsp3) is 0. The number of amides is 1. The predicted molar refractivity (Wildman–Crippen MR) is 88.1 cm³/mol. The van der Waals surface area contributed by atoms with Crippen molar-refractivity contribution in [1.29, 1.82) is 0 Å². The van der Waals surface area contributed by atoms with Crippen molar-refractivity contribution in [1.82, 2.24) is 4.98 Å². The summed E-state index contributed by atoms with van der Waals surface area (Å²) >= 11 is 0. The van der Waals surface area contributed by atoms with Crippen molar-refractivity contribution in [2.45, 2.75) is 0 Å². The van der Waals surface area contributed by atoms with Gasteiger partial charge in [-0.25, -0.2) is 9.78 Å². The van der Waals surface area contributed by atoms with Gasteiger partial charge in [0.25, 0.3) is 5.91 Å². The standard InChI is InChI=1S/C17H12N2O6/c20-12-6-3-9(7-13(12)21)18-16(23)11-5-2-8-1-4-10(17(24)25)15(22)14(8)19-11/h1-7,20-22H,(H,18,23)(H,24,25). The maximum Gasteiger partial charge on any atom is 0.339 e. The van der Waals surface area contributed by atoms with E-state index in [0.717, 1.165) is 6.07 Å². The van der Waals surface area contributed by atoms with E-state index in [1.807, 2.05) is 0 Å². The van der Waals surface area contributed by atoms with Crippen LogP contribution in [0, 0.1) is 0 Å². The fourth-order valence-corrected chi connectivity index (χ4v) is 2.27. The minimum atomic E-state index is -1.31.